The number of pyridine rings is 1. The molecule has 3 heterocycles. The minimum atomic E-state index is -0.510. The van der Waals surface area contributed by atoms with Crippen LogP contribution in [0.3, 0.4) is 0 Å². The quantitative estimate of drug-likeness (QED) is 0.323. The van der Waals surface area contributed by atoms with Gasteiger partial charge in [0.1, 0.15) is 36.2 Å². The number of alkyl halides is 1. The van der Waals surface area contributed by atoms with Crippen LogP contribution in [0.5, 0.6) is 5.75 Å². The van der Waals surface area contributed by atoms with E-state index in [1.807, 2.05) is 68.6 Å². The Morgan fingerprint density at radius 3 is 2.55 bits per heavy atom. The monoisotopic (exact) mass is 518 g/mol. The number of piperidine rings is 1. The average Bonchev–Trinajstić information content (AvgIpc) is 3.25. The third-order valence-electron chi connectivity index (χ3n) is 7.17. The first-order chi connectivity index (χ1) is 18.4. The van der Waals surface area contributed by atoms with Crippen LogP contribution in [0.15, 0.2) is 60.8 Å². The van der Waals surface area contributed by atoms with Crippen molar-refractivity contribution in [2.24, 2.45) is 0 Å². The normalized spacial score (nSPS) is 14.2. The van der Waals surface area contributed by atoms with E-state index in [4.69, 9.17) is 4.74 Å². The molecule has 0 aliphatic carbocycles. The fourth-order valence-corrected chi connectivity index (χ4v) is 5.17. The molecule has 0 spiro atoms. The first kappa shape index (κ1) is 25.7. The molecule has 2 aromatic heterocycles. The van der Waals surface area contributed by atoms with Gasteiger partial charge >= 0.3 is 0 Å². The number of anilines is 1. The molecule has 1 aliphatic rings. The summed E-state index contributed by atoms with van der Waals surface area (Å²) in [6, 6.07) is 16.8. The minimum Gasteiger partial charge on any atom is -0.491 e. The van der Waals surface area contributed by atoms with E-state index in [-0.39, 0.29) is 30.8 Å². The summed E-state index contributed by atoms with van der Waals surface area (Å²) in [6.07, 6.45) is 3.54. The lowest BCUT2D eigenvalue weighted by molar-refractivity contribution is 0.0944. The third kappa shape index (κ3) is 5.49. The van der Waals surface area contributed by atoms with Gasteiger partial charge in [0.2, 0.25) is 0 Å². The largest absolute Gasteiger partial charge is 0.491 e. The van der Waals surface area contributed by atoms with Gasteiger partial charge < -0.3 is 15.0 Å². The summed E-state index contributed by atoms with van der Waals surface area (Å²) in [5.74, 6) is 0.332. The topological polar surface area (TPSA) is 58.9 Å². The van der Waals surface area contributed by atoms with Gasteiger partial charge in [0, 0.05) is 31.5 Å². The maximum atomic E-state index is 15.1. The summed E-state index contributed by atoms with van der Waals surface area (Å²) in [6.45, 7) is 5.23. The Balaban J connectivity index is 1.18. The fraction of sp³-hybridized carbons (Fsp3) is 0.333. The highest BCUT2D eigenvalue weighted by Gasteiger charge is 2.23. The van der Waals surface area contributed by atoms with E-state index >= 15 is 4.39 Å². The Bertz CT molecular complexity index is 1430. The molecule has 5 rings (SSSR count). The number of carbonyl (C=O) groups excluding carboxylic acids is 1. The maximum absolute atomic E-state index is 15.1. The number of rotatable bonds is 8. The zero-order valence-electron chi connectivity index (χ0n) is 21.7. The number of fused-ring (bicyclic) bond motifs is 1. The lowest BCUT2D eigenvalue weighted by Crippen LogP contribution is -2.33. The van der Waals surface area contributed by atoms with E-state index in [1.54, 1.807) is 4.40 Å². The van der Waals surface area contributed by atoms with Crippen molar-refractivity contribution >= 4 is 17.2 Å². The molecule has 0 radical (unpaired) electrons. The number of amides is 1. The molecule has 2 aromatic carbocycles. The second-order valence-corrected chi connectivity index (χ2v) is 9.81. The molecule has 0 unspecified atom stereocenters. The molecule has 0 saturated carbocycles. The molecule has 38 heavy (non-hydrogen) atoms. The highest BCUT2D eigenvalue weighted by molar-refractivity contribution is 5.94. The van der Waals surface area contributed by atoms with Crippen LogP contribution in [0.4, 0.5) is 14.5 Å². The van der Waals surface area contributed by atoms with Gasteiger partial charge in [-0.2, -0.15) is 0 Å². The standard InChI is InChI=1S/C30H32F2N4O2/c1-20-9-15-36-28(17-20)34-21(2)29(36)30(37)33-19-22-3-8-26(27(32)18-22)23-10-13-35(14-11-23)24-4-6-25(7-5-24)38-16-12-31/h3-9,15,17-18,23H,10-14,16,19H2,1-2H3,(H,33,37). The maximum Gasteiger partial charge on any atom is 0.270 e. The van der Waals surface area contributed by atoms with Crippen molar-refractivity contribution in [3.05, 3.63) is 94.7 Å². The predicted molar refractivity (Wildman–Crippen MR) is 144 cm³/mol. The first-order valence-electron chi connectivity index (χ1n) is 13.0. The molecule has 1 aliphatic heterocycles. The van der Waals surface area contributed by atoms with Gasteiger partial charge in [-0.3, -0.25) is 9.20 Å². The molecule has 1 fully saturated rings. The van der Waals surface area contributed by atoms with Crippen molar-refractivity contribution in [1.29, 1.82) is 0 Å². The second kappa shape index (κ2) is 11.2. The molecule has 4 aromatic rings. The fourth-order valence-electron chi connectivity index (χ4n) is 5.17. The molecule has 1 N–H and O–H groups in total. The number of halogens is 2. The number of nitrogens with one attached hydrogen (secondary N) is 1. The highest BCUT2D eigenvalue weighted by atomic mass is 19.1. The van der Waals surface area contributed by atoms with E-state index < -0.39 is 6.67 Å². The molecule has 1 saturated heterocycles. The number of aryl methyl sites for hydroxylation is 2. The zero-order valence-corrected chi connectivity index (χ0v) is 21.7. The van der Waals surface area contributed by atoms with Crippen LogP contribution in [0.2, 0.25) is 0 Å². The number of benzene rings is 2. The van der Waals surface area contributed by atoms with Crippen molar-refractivity contribution < 1.29 is 18.3 Å². The van der Waals surface area contributed by atoms with Gasteiger partial charge in [0.05, 0.1) is 5.69 Å². The van der Waals surface area contributed by atoms with E-state index in [1.165, 1.54) is 6.07 Å². The Labute approximate surface area is 221 Å². The Morgan fingerprint density at radius 1 is 1.08 bits per heavy atom. The third-order valence-corrected chi connectivity index (χ3v) is 7.17. The Morgan fingerprint density at radius 2 is 1.84 bits per heavy atom. The van der Waals surface area contributed by atoms with Crippen LogP contribution in [-0.4, -0.2) is 41.7 Å². The van der Waals surface area contributed by atoms with Crippen molar-refractivity contribution in [3.8, 4) is 5.75 Å². The van der Waals surface area contributed by atoms with E-state index in [0.717, 1.165) is 54.0 Å². The summed E-state index contributed by atoms with van der Waals surface area (Å²) in [5.41, 5.74) is 5.48. The Hall–Kier alpha value is -3.94. The average molecular weight is 519 g/mol. The van der Waals surface area contributed by atoms with Gasteiger partial charge in [-0.15, -0.1) is 0 Å². The van der Waals surface area contributed by atoms with Crippen LogP contribution in [0, 0.1) is 19.7 Å². The molecular formula is C30H32F2N4O2. The smallest absolute Gasteiger partial charge is 0.270 e. The van der Waals surface area contributed by atoms with Crippen LogP contribution in [0.1, 0.15) is 51.6 Å². The summed E-state index contributed by atoms with van der Waals surface area (Å²) in [7, 11) is 0. The second-order valence-electron chi connectivity index (χ2n) is 9.81. The van der Waals surface area contributed by atoms with Gasteiger partial charge in [0.15, 0.2) is 0 Å². The SMILES string of the molecule is Cc1ccn2c(C(=O)NCc3ccc(C4CCN(c5ccc(OCCF)cc5)CC4)c(F)c3)c(C)nc2c1. The van der Waals surface area contributed by atoms with Crippen molar-refractivity contribution in [3.63, 3.8) is 0 Å². The van der Waals surface area contributed by atoms with Gasteiger partial charge in [-0.1, -0.05) is 12.1 Å². The molecule has 0 atom stereocenters. The first-order valence-corrected chi connectivity index (χ1v) is 13.0. The number of hydrogen-bond donors (Lipinski definition) is 1. The van der Waals surface area contributed by atoms with Crippen LogP contribution >= 0.6 is 0 Å². The van der Waals surface area contributed by atoms with Crippen LogP contribution < -0.4 is 15.0 Å². The molecular weight excluding hydrogens is 486 g/mol. The van der Waals surface area contributed by atoms with E-state index in [9.17, 15) is 9.18 Å². The minimum absolute atomic E-state index is 0.0583. The lowest BCUT2D eigenvalue weighted by Gasteiger charge is -2.34. The highest BCUT2D eigenvalue weighted by Crippen LogP contribution is 2.33. The number of aromatic nitrogens is 2. The van der Waals surface area contributed by atoms with Gasteiger partial charge in [-0.05, 0) is 91.8 Å². The van der Waals surface area contributed by atoms with Crippen LogP contribution in [0.25, 0.3) is 5.65 Å². The zero-order chi connectivity index (χ0) is 26.6. The molecule has 8 heteroatoms. The number of hydrogen-bond acceptors (Lipinski definition) is 4. The van der Waals surface area contributed by atoms with Gasteiger partial charge in [-0.25, -0.2) is 13.8 Å². The van der Waals surface area contributed by atoms with Crippen molar-refractivity contribution in [1.82, 2.24) is 14.7 Å². The number of nitrogens with zero attached hydrogens (tertiary/aromatic N) is 3. The summed E-state index contributed by atoms with van der Waals surface area (Å²) >= 11 is 0. The van der Waals surface area contributed by atoms with E-state index in [0.29, 0.717) is 17.1 Å². The lowest BCUT2D eigenvalue weighted by atomic mass is 9.88. The number of carbonyl (C=O) groups is 1. The molecule has 1 amide bonds. The van der Waals surface area contributed by atoms with Gasteiger partial charge in [0.25, 0.3) is 5.91 Å². The number of imidazole rings is 1. The number of ether oxygens (including phenoxy) is 1. The summed E-state index contributed by atoms with van der Waals surface area (Å²) in [4.78, 5) is 19.7. The Kier molecular flexibility index (Phi) is 7.58. The molecule has 6 nitrogen and oxygen atoms in total. The summed E-state index contributed by atoms with van der Waals surface area (Å²) in [5, 5.41) is 2.91. The van der Waals surface area contributed by atoms with Crippen LogP contribution in [-0.2, 0) is 6.54 Å². The molecule has 0 bridgehead atoms. The summed E-state index contributed by atoms with van der Waals surface area (Å²) < 4.78 is 34.5. The van der Waals surface area contributed by atoms with Crippen molar-refractivity contribution in [2.45, 2.75) is 39.2 Å². The van der Waals surface area contributed by atoms with E-state index in [2.05, 4.69) is 15.2 Å². The van der Waals surface area contributed by atoms with Crippen molar-refractivity contribution in [2.75, 3.05) is 31.3 Å². The molecule has 198 valence electrons. The predicted octanol–water partition coefficient (Wildman–Crippen LogP) is 5.75.